The number of hydrogen-bond donors (Lipinski definition) is 3. The molecule has 0 unspecified atom stereocenters. The summed E-state index contributed by atoms with van der Waals surface area (Å²) in [7, 11) is 3.15. The largest absolute Gasteiger partial charge is 0.505 e. The molecular weight excluding hydrogens is 390 g/mol. The quantitative estimate of drug-likeness (QED) is 0.314. The summed E-state index contributed by atoms with van der Waals surface area (Å²) in [5.74, 6) is -0.659. The zero-order valence-corrected chi connectivity index (χ0v) is 17.0. The Bertz CT molecular complexity index is 1130. The predicted octanol–water partition coefficient (Wildman–Crippen LogP) is 3.22. The lowest BCUT2D eigenvalue weighted by molar-refractivity contribution is 0.0824. The molecule has 3 aromatic rings. The second kappa shape index (κ2) is 8.32. The zero-order valence-electron chi connectivity index (χ0n) is 16.2. The molecule has 29 heavy (non-hydrogen) atoms. The average Bonchev–Trinajstić information content (AvgIpc) is 3.24. The van der Waals surface area contributed by atoms with E-state index in [-0.39, 0.29) is 40.3 Å². The molecule has 0 radical (unpaired) electrons. The summed E-state index contributed by atoms with van der Waals surface area (Å²) < 4.78 is 0. The molecule has 0 bridgehead atoms. The highest BCUT2D eigenvalue weighted by Crippen LogP contribution is 2.33. The van der Waals surface area contributed by atoms with Crippen molar-refractivity contribution in [2.75, 3.05) is 24.7 Å². The summed E-state index contributed by atoms with van der Waals surface area (Å²) in [4.78, 5) is 38.9. The van der Waals surface area contributed by atoms with E-state index in [1.54, 1.807) is 20.2 Å². The van der Waals surface area contributed by atoms with E-state index in [4.69, 9.17) is 0 Å². The fourth-order valence-electron chi connectivity index (χ4n) is 2.87. The number of hydrogen-bond acceptors (Lipinski definition) is 7. The highest BCUT2D eigenvalue weighted by atomic mass is 32.1. The molecule has 0 saturated carbocycles. The number of carbonyl (C=O) groups is 1. The van der Waals surface area contributed by atoms with Crippen LogP contribution in [0.25, 0.3) is 0 Å². The number of thiophene rings is 1. The Hall–Kier alpha value is -3.39. The van der Waals surface area contributed by atoms with Crippen molar-refractivity contribution in [1.29, 1.82) is 0 Å². The van der Waals surface area contributed by atoms with E-state index in [0.29, 0.717) is 0 Å². The number of para-hydroxylation sites is 1. The molecule has 0 fully saturated rings. The monoisotopic (exact) mass is 411 g/mol. The van der Waals surface area contributed by atoms with Gasteiger partial charge in [0.25, 0.3) is 16.8 Å². The first-order chi connectivity index (χ1) is 13.8. The Morgan fingerprint density at radius 2 is 1.86 bits per heavy atom. The average molecular weight is 411 g/mol. The third-order valence-corrected chi connectivity index (χ3v) is 5.33. The number of aromatic hydroxyl groups is 1. The summed E-state index contributed by atoms with van der Waals surface area (Å²) in [6.07, 6.45) is 3.75. The number of carbonyl (C=O) groups excluding carboxylic acids is 1. The van der Waals surface area contributed by atoms with Gasteiger partial charge in [-0.25, -0.2) is 0 Å². The molecule has 0 spiro atoms. The van der Waals surface area contributed by atoms with E-state index >= 15 is 0 Å². The van der Waals surface area contributed by atoms with Gasteiger partial charge in [0.1, 0.15) is 11.4 Å². The van der Waals surface area contributed by atoms with Crippen LogP contribution in [-0.2, 0) is 0 Å². The summed E-state index contributed by atoms with van der Waals surface area (Å²) in [5, 5.41) is 18.3. The number of rotatable bonds is 7. The minimum Gasteiger partial charge on any atom is -0.505 e. The van der Waals surface area contributed by atoms with E-state index in [1.807, 2.05) is 36.6 Å². The fraction of sp³-hybridized carbons (Fsp3) is 0.190. The number of anilines is 3. The summed E-state index contributed by atoms with van der Waals surface area (Å²) in [6.45, 7) is 1.87. The lowest BCUT2D eigenvalue weighted by Crippen LogP contribution is -2.37. The van der Waals surface area contributed by atoms with Crippen molar-refractivity contribution in [3.05, 3.63) is 78.8 Å². The number of phenolic OH excluding ortho intramolecular Hbond substituents is 1. The van der Waals surface area contributed by atoms with E-state index in [9.17, 15) is 19.5 Å². The normalized spacial score (nSPS) is 12.2. The van der Waals surface area contributed by atoms with Crippen LogP contribution in [0.1, 0.15) is 28.2 Å². The van der Waals surface area contributed by atoms with Gasteiger partial charge >= 0.3 is 0 Å². The maximum Gasteiger partial charge on any atom is 0.257 e. The van der Waals surface area contributed by atoms with Gasteiger partial charge in [-0.2, -0.15) is 0 Å². The maximum absolute atomic E-state index is 12.2. The first-order valence-corrected chi connectivity index (χ1v) is 9.79. The fourth-order valence-corrected chi connectivity index (χ4v) is 3.63. The van der Waals surface area contributed by atoms with E-state index in [1.165, 1.54) is 28.4 Å². The predicted molar refractivity (Wildman–Crippen MR) is 116 cm³/mol. The molecule has 0 aliphatic rings. The van der Waals surface area contributed by atoms with Gasteiger partial charge in [-0.05, 0) is 30.5 Å². The standard InChI is InChI=1S/C21H21N3O4S/c1-4-7-13(15-10-6-11-29-15)22-16-17(20(27)19(16)26)23-14-9-5-8-12(18(14)25)21(28)24(2)3/h4-11,13,22-23,25H,1-3H3/b7-4+/t13-/m1/s1. The summed E-state index contributed by atoms with van der Waals surface area (Å²) in [6, 6.07) is 8.19. The van der Waals surface area contributed by atoms with E-state index in [0.717, 1.165) is 4.88 Å². The van der Waals surface area contributed by atoms with Crippen molar-refractivity contribution < 1.29 is 9.90 Å². The number of nitrogens with zero attached hydrogens (tertiary/aromatic N) is 1. The van der Waals surface area contributed by atoms with Gasteiger partial charge in [-0.15, -0.1) is 11.3 Å². The molecule has 0 aliphatic heterocycles. The molecule has 1 amide bonds. The highest BCUT2D eigenvalue weighted by Gasteiger charge is 2.25. The topological polar surface area (TPSA) is 98.7 Å². The van der Waals surface area contributed by atoms with Crippen LogP contribution in [0.5, 0.6) is 5.75 Å². The zero-order chi connectivity index (χ0) is 21.1. The molecule has 3 rings (SSSR count). The van der Waals surface area contributed by atoms with Crippen LogP contribution >= 0.6 is 11.3 Å². The first kappa shape index (κ1) is 20.3. The Balaban J connectivity index is 1.92. The molecule has 150 valence electrons. The van der Waals surface area contributed by atoms with E-state index < -0.39 is 10.9 Å². The Morgan fingerprint density at radius 1 is 1.14 bits per heavy atom. The number of nitrogens with one attached hydrogen (secondary N) is 2. The van der Waals surface area contributed by atoms with Gasteiger partial charge in [0, 0.05) is 19.0 Å². The molecule has 0 saturated heterocycles. The molecule has 8 heteroatoms. The number of benzene rings is 1. The molecule has 3 N–H and O–H groups in total. The summed E-state index contributed by atoms with van der Waals surface area (Å²) >= 11 is 1.53. The second-order valence-electron chi connectivity index (χ2n) is 6.60. The van der Waals surface area contributed by atoms with Crippen molar-refractivity contribution in [2.45, 2.75) is 13.0 Å². The highest BCUT2D eigenvalue weighted by molar-refractivity contribution is 7.10. The van der Waals surface area contributed by atoms with Gasteiger partial charge < -0.3 is 20.6 Å². The van der Waals surface area contributed by atoms with E-state index in [2.05, 4.69) is 10.6 Å². The first-order valence-electron chi connectivity index (χ1n) is 8.91. The van der Waals surface area contributed by atoms with Crippen molar-refractivity contribution in [3.63, 3.8) is 0 Å². The molecule has 1 heterocycles. The smallest absolute Gasteiger partial charge is 0.257 e. The lowest BCUT2D eigenvalue weighted by atomic mass is 10.1. The van der Waals surface area contributed by atoms with Crippen LogP contribution in [-0.4, -0.2) is 30.0 Å². The van der Waals surface area contributed by atoms with Crippen LogP contribution in [0, 0.1) is 0 Å². The Kier molecular flexibility index (Phi) is 5.84. The minimum atomic E-state index is -0.679. The van der Waals surface area contributed by atoms with Crippen LogP contribution in [0.3, 0.4) is 0 Å². The maximum atomic E-state index is 12.2. The number of allylic oxidation sites excluding steroid dienone is 1. The van der Waals surface area contributed by atoms with Crippen molar-refractivity contribution >= 4 is 34.3 Å². The number of phenols is 1. The van der Waals surface area contributed by atoms with Gasteiger partial charge in [0.15, 0.2) is 5.75 Å². The molecule has 2 aromatic carbocycles. The van der Waals surface area contributed by atoms with Crippen LogP contribution in [0.4, 0.5) is 17.1 Å². The lowest BCUT2D eigenvalue weighted by Gasteiger charge is -2.20. The Morgan fingerprint density at radius 3 is 2.48 bits per heavy atom. The van der Waals surface area contributed by atoms with Crippen molar-refractivity contribution in [1.82, 2.24) is 4.90 Å². The van der Waals surface area contributed by atoms with Crippen molar-refractivity contribution in [3.8, 4) is 5.75 Å². The molecular formula is C21H21N3O4S. The van der Waals surface area contributed by atoms with Crippen LogP contribution in [0.15, 0.2) is 57.5 Å². The third kappa shape index (κ3) is 3.93. The van der Waals surface area contributed by atoms with Gasteiger partial charge in [0.2, 0.25) is 0 Å². The summed E-state index contributed by atoms with van der Waals surface area (Å²) in [5.41, 5.74) is -0.827. The number of amides is 1. The molecule has 1 aromatic heterocycles. The molecule has 7 nitrogen and oxygen atoms in total. The van der Waals surface area contributed by atoms with Gasteiger partial charge in [-0.3, -0.25) is 14.4 Å². The Labute approximate surface area is 171 Å². The van der Waals surface area contributed by atoms with Gasteiger partial charge in [-0.1, -0.05) is 24.3 Å². The third-order valence-electron chi connectivity index (χ3n) is 4.38. The van der Waals surface area contributed by atoms with Crippen LogP contribution < -0.4 is 21.5 Å². The van der Waals surface area contributed by atoms with Crippen molar-refractivity contribution in [2.24, 2.45) is 0 Å². The minimum absolute atomic E-state index is 0.0609. The van der Waals surface area contributed by atoms with Crippen LogP contribution in [0.2, 0.25) is 0 Å². The SMILES string of the molecule is C/C=C/[C@@H](Nc1c(Nc2cccc(C(=O)N(C)C)c2O)c(=O)c1=O)c1cccs1. The second-order valence-corrected chi connectivity index (χ2v) is 7.58. The van der Waals surface area contributed by atoms with Gasteiger partial charge in [0.05, 0.1) is 17.3 Å². The molecule has 1 atom stereocenters. The molecule has 0 aliphatic carbocycles.